The Morgan fingerprint density at radius 1 is 1.06 bits per heavy atom. The molecule has 1 N–H and O–H groups in total. The molecule has 1 amide bonds. The first-order valence-electron chi connectivity index (χ1n) is 10.3. The Morgan fingerprint density at radius 3 is 2.47 bits per heavy atom. The Bertz CT molecular complexity index is 1120. The summed E-state index contributed by atoms with van der Waals surface area (Å²) < 4.78 is 12.5. The molecule has 0 aliphatic heterocycles. The third-order valence-corrected chi connectivity index (χ3v) is 5.78. The van der Waals surface area contributed by atoms with Gasteiger partial charge in [0, 0.05) is 22.3 Å². The van der Waals surface area contributed by atoms with Crippen LogP contribution in [0.15, 0.2) is 65.1 Å². The first kappa shape index (κ1) is 23.9. The topological polar surface area (TPSA) is 47.6 Å². The molecule has 3 rings (SSSR count). The minimum absolute atomic E-state index is 0.199. The fraction of sp³-hybridized carbons (Fsp3) is 0.192. The smallest absolute Gasteiger partial charge is 0.248 e. The van der Waals surface area contributed by atoms with Gasteiger partial charge in [0.05, 0.1) is 11.1 Å². The average Bonchev–Trinajstić information content (AvgIpc) is 2.76. The molecule has 3 aromatic carbocycles. The van der Waals surface area contributed by atoms with Gasteiger partial charge in [-0.15, -0.1) is 0 Å². The molecule has 3 aromatic rings. The van der Waals surface area contributed by atoms with Crippen molar-refractivity contribution in [2.45, 2.75) is 27.4 Å². The van der Waals surface area contributed by atoms with E-state index in [0.717, 1.165) is 32.4 Å². The number of rotatable bonds is 8. The van der Waals surface area contributed by atoms with Gasteiger partial charge in [0.25, 0.3) is 0 Å². The highest BCUT2D eigenvalue weighted by Gasteiger charge is 2.13. The average molecular weight is 515 g/mol. The number of hydrogen-bond acceptors (Lipinski definition) is 3. The summed E-state index contributed by atoms with van der Waals surface area (Å²) in [5.74, 6) is 0.975. The number of anilines is 1. The standard InChI is InChI=1S/C26H25BrClNO3/c1-4-31-23-15-19(12-13-24(30)29-25-17(2)8-7-9-18(25)3)14-21(27)26(23)32-16-20-10-5-6-11-22(20)28/h5-15H,4,16H2,1-3H3,(H,29,30)/b13-12+. The largest absolute Gasteiger partial charge is 0.490 e. The van der Waals surface area contributed by atoms with Gasteiger partial charge in [-0.2, -0.15) is 0 Å². The molecule has 0 radical (unpaired) electrons. The summed E-state index contributed by atoms with van der Waals surface area (Å²) >= 11 is 9.80. The summed E-state index contributed by atoms with van der Waals surface area (Å²) in [4.78, 5) is 12.5. The molecule has 4 nitrogen and oxygen atoms in total. The van der Waals surface area contributed by atoms with Gasteiger partial charge < -0.3 is 14.8 Å². The number of nitrogens with one attached hydrogen (secondary N) is 1. The van der Waals surface area contributed by atoms with E-state index in [4.69, 9.17) is 21.1 Å². The van der Waals surface area contributed by atoms with Crippen LogP contribution >= 0.6 is 27.5 Å². The van der Waals surface area contributed by atoms with Crippen molar-refractivity contribution in [2.75, 3.05) is 11.9 Å². The Labute approximate surface area is 202 Å². The molecule has 32 heavy (non-hydrogen) atoms. The molecule has 0 atom stereocenters. The summed E-state index contributed by atoms with van der Waals surface area (Å²) in [6, 6.07) is 17.2. The Kier molecular flexibility index (Phi) is 8.37. The first-order valence-corrected chi connectivity index (χ1v) is 11.4. The van der Waals surface area contributed by atoms with Crippen molar-refractivity contribution in [3.05, 3.63) is 92.4 Å². The van der Waals surface area contributed by atoms with Gasteiger partial charge in [0.15, 0.2) is 11.5 Å². The van der Waals surface area contributed by atoms with E-state index in [-0.39, 0.29) is 5.91 Å². The molecule has 0 heterocycles. The Hall–Kier alpha value is -2.76. The molecule has 0 saturated heterocycles. The Balaban J connectivity index is 1.77. The fourth-order valence-electron chi connectivity index (χ4n) is 3.20. The van der Waals surface area contributed by atoms with Crippen LogP contribution in [0.3, 0.4) is 0 Å². The first-order chi connectivity index (χ1) is 15.4. The zero-order valence-electron chi connectivity index (χ0n) is 18.2. The lowest BCUT2D eigenvalue weighted by Crippen LogP contribution is -2.10. The molecule has 0 bridgehead atoms. The van der Waals surface area contributed by atoms with Crippen LogP contribution < -0.4 is 14.8 Å². The van der Waals surface area contributed by atoms with E-state index in [0.29, 0.717) is 29.7 Å². The molecule has 0 aliphatic carbocycles. The zero-order valence-corrected chi connectivity index (χ0v) is 20.6. The number of hydrogen-bond donors (Lipinski definition) is 1. The maximum Gasteiger partial charge on any atom is 0.248 e. The molecule has 0 spiro atoms. The summed E-state index contributed by atoms with van der Waals surface area (Å²) in [6.45, 7) is 6.64. The van der Waals surface area contributed by atoms with Crippen LogP contribution in [-0.4, -0.2) is 12.5 Å². The molecule has 0 aliphatic rings. The third kappa shape index (κ3) is 6.15. The highest BCUT2D eigenvalue weighted by molar-refractivity contribution is 9.10. The van der Waals surface area contributed by atoms with Crippen LogP contribution in [-0.2, 0) is 11.4 Å². The molecule has 6 heteroatoms. The number of carbonyl (C=O) groups excluding carboxylic acids is 1. The quantitative estimate of drug-likeness (QED) is 0.320. The minimum Gasteiger partial charge on any atom is -0.490 e. The van der Waals surface area contributed by atoms with Crippen LogP contribution in [0.1, 0.15) is 29.2 Å². The minimum atomic E-state index is -0.199. The van der Waals surface area contributed by atoms with Crippen molar-refractivity contribution in [1.29, 1.82) is 0 Å². The third-order valence-electron chi connectivity index (χ3n) is 4.82. The number of carbonyl (C=O) groups is 1. The molecule has 0 unspecified atom stereocenters. The van der Waals surface area contributed by atoms with E-state index in [2.05, 4.69) is 21.2 Å². The molecule has 0 aromatic heterocycles. The molecular formula is C26H25BrClNO3. The fourth-order valence-corrected chi connectivity index (χ4v) is 3.97. The predicted octanol–water partition coefficient (Wildman–Crippen LogP) is 7.35. The van der Waals surface area contributed by atoms with Crippen LogP contribution in [0.4, 0.5) is 5.69 Å². The second kappa shape index (κ2) is 11.2. The van der Waals surface area contributed by atoms with Crippen molar-refractivity contribution in [3.63, 3.8) is 0 Å². The zero-order chi connectivity index (χ0) is 23.1. The second-order valence-corrected chi connectivity index (χ2v) is 8.49. The maximum absolute atomic E-state index is 12.5. The van der Waals surface area contributed by atoms with E-state index >= 15 is 0 Å². The van der Waals surface area contributed by atoms with Gasteiger partial charge in [-0.3, -0.25) is 4.79 Å². The van der Waals surface area contributed by atoms with Gasteiger partial charge in [-0.1, -0.05) is 48.0 Å². The Morgan fingerprint density at radius 2 is 1.78 bits per heavy atom. The van der Waals surface area contributed by atoms with Crippen molar-refractivity contribution < 1.29 is 14.3 Å². The SMILES string of the molecule is CCOc1cc(/C=C/C(=O)Nc2c(C)cccc2C)cc(Br)c1OCc1ccccc1Cl. The highest BCUT2D eigenvalue weighted by Crippen LogP contribution is 2.38. The number of halogens is 2. The number of aryl methyl sites for hydroxylation is 2. The number of para-hydroxylation sites is 1. The van der Waals surface area contributed by atoms with E-state index in [1.807, 2.05) is 75.4 Å². The van der Waals surface area contributed by atoms with Crippen molar-refractivity contribution in [2.24, 2.45) is 0 Å². The molecule has 166 valence electrons. The highest BCUT2D eigenvalue weighted by atomic mass is 79.9. The van der Waals surface area contributed by atoms with Crippen molar-refractivity contribution in [1.82, 2.24) is 0 Å². The monoisotopic (exact) mass is 513 g/mol. The van der Waals surface area contributed by atoms with E-state index in [9.17, 15) is 4.79 Å². The summed E-state index contributed by atoms with van der Waals surface area (Å²) in [5, 5.41) is 3.60. The van der Waals surface area contributed by atoms with Crippen LogP contribution in [0, 0.1) is 13.8 Å². The van der Waals surface area contributed by atoms with Gasteiger partial charge >= 0.3 is 0 Å². The normalized spacial score (nSPS) is 10.9. The summed E-state index contributed by atoms with van der Waals surface area (Å²) in [6.07, 6.45) is 3.25. The van der Waals surface area contributed by atoms with Crippen LogP contribution in [0.2, 0.25) is 5.02 Å². The van der Waals surface area contributed by atoms with Gasteiger partial charge in [0.2, 0.25) is 5.91 Å². The van der Waals surface area contributed by atoms with Crippen LogP contribution in [0.5, 0.6) is 11.5 Å². The summed E-state index contributed by atoms with van der Waals surface area (Å²) in [5.41, 5.74) is 4.57. The van der Waals surface area contributed by atoms with Crippen molar-refractivity contribution in [3.8, 4) is 11.5 Å². The maximum atomic E-state index is 12.5. The molecular weight excluding hydrogens is 490 g/mol. The van der Waals surface area contributed by atoms with Crippen molar-refractivity contribution >= 4 is 45.2 Å². The molecule has 0 fully saturated rings. The second-order valence-electron chi connectivity index (χ2n) is 7.23. The van der Waals surface area contributed by atoms with Gasteiger partial charge in [-0.25, -0.2) is 0 Å². The van der Waals surface area contributed by atoms with E-state index in [1.54, 1.807) is 6.08 Å². The van der Waals surface area contributed by atoms with Crippen LogP contribution in [0.25, 0.3) is 6.08 Å². The van der Waals surface area contributed by atoms with Gasteiger partial charge in [0.1, 0.15) is 6.61 Å². The van der Waals surface area contributed by atoms with E-state index < -0.39 is 0 Å². The number of ether oxygens (including phenoxy) is 2. The number of amides is 1. The lowest BCUT2D eigenvalue weighted by atomic mass is 10.1. The van der Waals surface area contributed by atoms with E-state index in [1.165, 1.54) is 6.08 Å². The number of benzene rings is 3. The molecule has 0 saturated carbocycles. The summed E-state index contributed by atoms with van der Waals surface area (Å²) in [7, 11) is 0. The van der Waals surface area contributed by atoms with Gasteiger partial charge in [-0.05, 0) is 77.7 Å². The lowest BCUT2D eigenvalue weighted by Gasteiger charge is -2.15. The lowest BCUT2D eigenvalue weighted by molar-refractivity contribution is -0.111. The predicted molar refractivity (Wildman–Crippen MR) is 135 cm³/mol.